The summed E-state index contributed by atoms with van der Waals surface area (Å²) in [6.45, 7) is 2.87. The van der Waals surface area contributed by atoms with Crippen LogP contribution >= 0.6 is 0 Å². The van der Waals surface area contributed by atoms with Gasteiger partial charge in [0.05, 0.1) is 0 Å². The van der Waals surface area contributed by atoms with Crippen molar-refractivity contribution in [1.82, 2.24) is 5.32 Å². The van der Waals surface area contributed by atoms with Gasteiger partial charge in [-0.2, -0.15) is 0 Å². The van der Waals surface area contributed by atoms with Crippen molar-refractivity contribution in [1.29, 1.82) is 0 Å². The minimum atomic E-state index is 0.518. The van der Waals surface area contributed by atoms with Crippen molar-refractivity contribution < 1.29 is 4.74 Å². The van der Waals surface area contributed by atoms with Gasteiger partial charge in [0.15, 0.2) is 0 Å². The lowest BCUT2D eigenvalue weighted by Gasteiger charge is -2.17. The van der Waals surface area contributed by atoms with Gasteiger partial charge in [0, 0.05) is 6.04 Å². The fourth-order valence-electron chi connectivity index (χ4n) is 1.85. The molecule has 0 amide bonds. The SMILES string of the molecule is CN[C@H](COc1ccccc1C)C1CC1. The van der Waals surface area contributed by atoms with Gasteiger partial charge in [-0.3, -0.25) is 0 Å². The summed E-state index contributed by atoms with van der Waals surface area (Å²) in [5.41, 5.74) is 1.21. The molecule has 0 aromatic heterocycles. The summed E-state index contributed by atoms with van der Waals surface area (Å²) < 4.78 is 5.83. The van der Waals surface area contributed by atoms with E-state index in [1.165, 1.54) is 18.4 Å². The molecule has 0 aliphatic heterocycles. The smallest absolute Gasteiger partial charge is 0.122 e. The summed E-state index contributed by atoms with van der Waals surface area (Å²) in [7, 11) is 2.02. The first kappa shape index (κ1) is 10.5. The van der Waals surface area contributed by atoms with Gasteiger partial charge < -0.3 is 10.1 Å². The molecule has 1 N–H and O–H groups in total. The lowest BCUT2D eigenvalue weighted by molar-refractivity contribution is 0.255. The van der Waals surface area contributed by atoms with Gasteiger partial charge in [-0.1, -0.05) is 18.2 Å². The van der Waals surface area contributed by atoms with Crippen LogP contribution in [0.2, 0.25) is 0 Å². The quantitative estimate of drug-likeness (QED) is 0.797. The van der Waals surface area contributed by atoms with Crippen LogP contribution in [0.3, 0.4) is 0 Å². The lowest BCUT2D eigenvalue weighted by Crippen LogP contribution is -2.33. The molecule has 0 spiro atoms. The Kier molecular flexibility index (Phi) is 3.27. The van der Waals surface area contributed by atoms with Crippen molar-refractivity contribution >= 4 is 0 Å². The average Bonchev–Trinajstić information content (AvgIpc) is 3.06. The minimum absolute atomic E-state index is 0.518. The summed E-state index contributed by atoms with van der Waals surface area (Å²) in [4.78, 5) is 0. The van der Waals surface area contributed by atoms with E-state index in [1.807, 2.05) is 25.2 Å². The number of benzene rings is 1. The Balaban J connectivity index is 1.89. The highest BCUT2D eigenvalue weighted by atomic mass is 16.5. The van der Waals surface area contributed by atoms with Gasteiger partial charge in [-0.25, -0.2) is 0 Å². The normalized spacial score (nSPS) is 17.5. The first-order chi connectivity index (χ1) is 7.31. The molecule has 1 aliphatic carbocycles. The molecule has 15 heavy (non-hydrogen) atoms. The molecule has 1 aliphatic rings. The zero-order valence-corrected chi connectivity index (χ0v) is 9.49. The molecule has 1 saturated carbocycles. The second-order valence-electron chi connectivity index (χ2n) is 4.31. The van der Waals surface area contributed by atoms with E-state index in [0.29, 0.717) is 6.04 Å². The molecular formula is C13H19NO. The molecular weight excluding hydrogens is 186 g/mol. The molecule has 1 atom stereocenters. The van der Waals surface area contributed by atoms with E-state index in [9.17, 15) is 0 Å². The van der Waals surface area contributed by atoms with Crippen molar-refractivity contribution in [2.24, 2.45) is 5.92 Å². The highest BCUT2D eigenvalue weighted by Crippen LogP contribution is 2.32. The number of rotatable bonds is 5. The van der Waals surface area contributed by atoms with Crippen molar-refractivity contribution in [3.05, 3.63) is 29.8 Å². The number of nitrogens with one attached hydrogen (secondary N) is 1. The van der Waals surface area contributed by atoms with Crippen LogP contribution < -0.4 is 10.1 Å². The van der Waals surface area contributed by atoms with Crippen LogP contribution in [0.1, 0.15) is 18.4 Å². The average molecular weight is 205 g/mol. The van der Waals surface area contributed by atoms with Gasteiger partial charge in [0.1, 0.15) is 12.4 Å². The first-order valence-electron chi connectivity index (χ1n) is 5.67. The third kappa shape index (κ3) is 2.72. The molecule has 0 bridgehead atoms. The van der Waals surface area contributed by atoms with E-state index in [1.54, 1.807) is 0 Å². The van der Waals surface area contributed by atoms with Gasteiger partial charge in [0.2, 0.25) is 0 Å². The molecule has 0 heterocycles. The molecule has 82 valence electrons. The van der Waals surface area contributed by atoms with Crippen LogP contribution in [0.15, 0.2) is 24.3 Å². The summed E-state index contributed by atoms with van der Waals surface area (Å²) in [6, 6.07) is 8.70. The van der Waals surface area contributed by atoms with Crippen LogP contribution in [0.25, 0.3) is 0 Å². The van der Waals surface area contributed by atoms with Gasteiger partial charge in [-0.05, 0) is 44.4 Å². The highest BCUT2D eigenvalue weighted by Gasteiger charge is 2.30. The Morgan fingerprint density at radius 2 is 2.13 bits per heavy atom. The fourth-order valence-corrected chi connectivity index (χ4v) is 1.85. The van der Waals surface area contributed by atoms with E-state index >= 15 is 0 Å². The molecule has 1 fully saturated rings. The topological polar surface area (TPSA) is 21.3 Å². The fraction of sp³-hybridized carbons (Fsp3) is 0.538. The summed E-state index contributed by atoms with van der Waals surface area (Å²) >= 11 is 0. The number of ether oxygens (including phenoxy) is 1. The molecule has 0 radical (unpaired) electrons. The van der Waals surface area contributed by atoms with Crippen LogP contribution in [-0.2, 0) is 0 Å². The van der Waals surface area contributed by atoms with Crippen LogP contribution in [0.4, 0.5) is 0 Å². The Morgan fingerprint density at radius 3 is 2.73 bits per heavy atom. The Bertz CT molecular complexity index is 320. The van der Waals surface area contributed by atoms with E-state index in [2.05, 4.69) is 18.3 Å². The van der Waals surface area contributed by atoms with Crippen LogP contribution in [0.5, 0.6) is 5.75 Å². The van der Waals surface area contributed by atoms with E-state index in [-0.39, 0.29) is 0 Å². The number of hydrogen-bond donors (Lipinski definition) is 1. The molecule has 0 saturated heterocycles. The number of para-hydroxylation sites is 1. The van der Waals surface area contributed by atoms with Crippen molar-refractivity contribution in [2.75, 3.05) is 13.7 Å². The molecule has 1 aromatic carbocycles. The van der Waals surface area contributed by atoms with E-state index < -0.39 is 0 Å². The third-order valence-corrected chi connectivity index (χ3v) is 3.07. The molecule has 1 aromatic rings. The van der Waals surface area contributed by atoms with Crippen molar-refractivity contribution in [3.63, 3.8) is 0 Å². The zero-order chi connectivity index (χ0) is 10.7. The second kappa shape index (κ2) is 4.67. The third-order valence-electron chi connectivity index (χ3n) is 3.07. The Hall–Kier alpha value is -1.02. The Morgan fingerprint density at radius 1 is 1.40 bits per heavy atom. The van der Waals surface area contributed by atoms with E-state index in [4.69, 9.17) is 4.74 Å². The summed E-state index contributed by atoms with van der Waals surface area (Å²) in [5, 5.41) is 3.33. The number of aryl methyl sites for hydroxylation is 1. The Labute approximate surface area is 91.6 Å². The maximum Gasteiger partial charge on any atom is 0.122 e. The molecule has 0 unspecified atom stereocenters. The van der Waals surface area contributed by atoms with Crippen molar-refractivity contribution in [2.45, 2.75) is 25.8 Å². The minimum Gasteiger partial charge on any atom is -0.492 e. The van der Waals surface area contributed by atoms with Crippen LogP contribution in [0, 0.1) is 12.8 Å². The zero-order valence-electron chi connectivity index (χ0n) is 9.49. The number of likely N-dealkylation sites (N-methyl/N-ethyl adjacent to an activating group) is 1. The van der Waals surface area contributed by atoms with Crippen molar-refractivity contribution in [3.8, 4) is 5.75 Å². The van der Waals surface area contributed by atoms with Gasteiger partial charge in [0.25, 0.3) is 0 Å². The summed E-state index contributed by atoms with van der Waals surface area (Å²) in [6.07, 6.45) is 2.70. The first-order valence-corrected chi connectivity index (χ1v) is 5.67. The summed E-state index contributed by atoms with van der Waals surface area (Å²) in [5.74, 6) is 1.84. The molecule has 2 nitrogen and oxygen atoms in total. The number of hydrogen-bond acceptors (Lipinski definition) is 2. The van der Waals surface area contributed by atoms with Gasteiger partial charge in [-0.15, -0.1) is 0 Å². The predicted octanol–water partition coefficient (Wildman–Crippen LogP) is 2.37. The lowest BCUT2D eigenvalue weighted by atomic mass is 10.2. The van der Waals surface area contributed by atoms with Crippen LogP contribution in [-0.4, -0.2) is 19.7 Å². The monoisotopic (exact) mass is 205 g/mol. The standard InChI is InChI=1S/C13H19NO/c1-10-5-3-4-6-13(10)15-9-12(14-2)11-7-8-11/h3-6,11-12,14H,7-9H2,1-2H3/t12-/m1/s1. The van der Waals surface area contributed by atoms with E-state index in [0.717, 1.165) is 18.3 Å². The maximum atomic E-state index is 5.83. The predicted molar refractivity (Wildman–Crippen MR) is 62.2 cm³/mol. The molecule has 2 rings (SSSR count). The largest absolute Gasteiger partial charge is 0.492 e. The maximum absolute atomic E-state index is 5.83. The molecule has 2 heteroatoms. The highest BCUT2D eigenvalue weighted by molar-refractivity contribution is 5.31. The van der Waals surface area contributed by atoms with Gasteiger partial charge >= 0.3 is 0 Å². The second-order valence-corrected chi connectivity index (χ2v) is 4.31.